The number of benzene rings is 1. The van der Waals surface area contributed by atoms with Gasteiger partial charge < -0.3 is 20.5 Å². The molecule has 0 fully saturated rings. The van der Waals surface area contributed by atoms with E-state index in [4.69, 9.17) is 22.1 Å². The lowest BCUT2D eigenvalue weighted by molar-refractivity contribution is 0.0132. The fraction of sp³-hybridized carbons (Fsp3) is 0.562. The number of carbonyl (C=O) groups excluding carboxylic acids is 1. The van der Waals surface area contributed by atoms with E-state index < -0.39 is 29.3 Å². The highest BCUT2D eigenvalue weighted by Gasteiger charge is 2.36. The molecule has 1 heterocycles. The molecule has 0 saturated carbocycles. The Hall–Kier alpha value is -1.53. The van der Waals surface area contributed by atoms with Crippen LogP contribution in [0.15, 0.2) is 6.07 Å². The van der Waals surface area contributed by atoms with E-state index in [9.17, 15) is 14.3 Å². The van der Waals surface area contributed by atoms with Gasteiger partial charge in [-0.3, -0.25) is 0 Å². The zero-order chi connectivity index (χ0) is 17.4. The zero-order valence-corrected chi connectivity index (χ0v) is 14.3. The van der Waals surface area contributed by atoms with Crippen molar-refractivity contribution in [2.45, 2.75) is 45.3 Å². The number of carbonyl (C=O) groups is 1. The topological polar surface area (TPSA) is 75.8 Å². The summed E-state index contributed by atoms with van der Waals surface area (Å²) in [5.41, 5.74) is 5.99. The summed E-state index contributed by atoms with van der Waals surface area (Å²) in [5, 5.41) is 10.4. The van der Waals surface area contributed by atoms with Crippen LogP contribution in [0.5, 0.6) is 5.75 Å². The van der Waals surface area contributed by atoms with Crippen molar-refractivity contribution >= 4 is 17.7 Å². The van der Waals surface area contributed by atoms with Gasteiger partial charge >= 0.3 is 6.09 Å². The molecule has 1 aliphatic heterocycles. The molecule has 0 aromatic heterocycles. The molecule has 7 heteroatoms. The van der Waals surface area contributed by atoms with Crippen LogP contribution < -0.4 is 5.73 Å². The minimum Gasteiger partial charge on any atom is -0.505 e. The van der Waals surface area contributed by atoms with Crippen LogP contribution in [0.3, 0.4) is 0 Å². The van der Waals surface area contributed by atoms with Gasteiger partial charge in [0, 0.05) is 17.1 Å². The fourth-order valence-corrected chi connectivity index (χ4v) is 3.11. The molecule has 1 aromatic carbocycles. The lowest BCUT2D eigenvalue weighted by Gasteiger charge is -2.38. The second-order valence-electron chi connectivity index (χ2n) is 6.60. The third-order valence-corrected chi connectivity index (χ3v) is 4.07. The number of hydrogen-bond acceptors (Lipinski definition) is 4. The summed E-state index contributed by atoms with van der Waals surface area (Å²) in [6.45, 7) is 5.96. The zero-order valence-electron chi connectivity index (χ0n) is 13.5. The van der Waals surface area contributed by atoms with E-state index in [1.54, 1.807) is 20.8 Å². The van der Waals surface area contributed by atoms with Gasteiger partial charge in [0.05, 0.1) is 6.04 Å². The number of amides is 1. The third-order valence-electron chi connectivity index (χ3n) is 3.73. The van der Waals surface area contributed by atoms with Crippen LogP contribution in [0, 0.1) is 5.82 Å². The molecular formula is C16H22ClFN2O3. The average Bonchev–Trinajstić information content (AvgIpc) is 2.43. The van der Waals surface area contributed by atoms with E-state index in [1.165, 1.54) is 4.90 Å². The maximum Gasteiger partial charge on any atom is 0.410 e. The Morgan fingerprint density at radius 2 is 2.22 bits per heavy atom. The summed E-state index contributed by atoms with van der Waals surface area (Å²) in [4.78, 5) is 13.9. The smallest absolute Gasteiger partial charge is 0.410 e. The Morgan fingerprint density at radius 1 is 1.57 bits per heavy atom. The molecular weight excluding hydrogens is 323 g/mol. The first-order valence-corrected chi connectivity index (χ1v) is 7.93. The van der Waals surface area contributed by atoms with Crippen molar-refractivity contribution in [3.05, 3.63) is 28.0 Å². The second kappa shape index (κ2) is 6.53. The molecule has 3 N–H and O–H groups in total. The van der Waals surface area contributed by atoms with Crippen LogP contribution in [-0.2, 0) is 11.2 Å². The highest BCUT2D eigenvalue weighted by atomic mass is 35.5. The van der Waals surface area contributed by atoms with E-state index in [0.717, 1.165) is 6.07 Å². The first-order chi connectivity index (χ1) is 10.7. The quantitative estimate of drug-likeness (QED) is 0.862. The number of nitrogens with two attached hydrogens (primary N) is 1. The van der Waals surface area contributed by atoms with Crippen molar-refractivity contribution in [2.24, 2.45) is 5.73 Å². The highest BCUT2D eigenvalue weighted by Crippen LogP contribution is 2.42. The van der Waals surface area contributed by atoms with Crippen LogP contribution in [0.1, 0.15) is 44.4 Å². The summed E-state index contributed by atoms with van der Waals surface area (Å²) >= 11 is 6.10. The molecule has 0 saturated heterocycles. The van der Waals surface area contributed by atoms with Crippen LogP contribution in [0.4, 0.5) is 9.18 Å². The van der Waals surface area contributed by atoms with Crippen LogP contribution in [0.25, 0.3) is 0 Å². The van der Waals surface area contributed by atoms with Gasteiger partial charge in [-0.1, -0.05) is 11.6 Å². The highest BCUT2D eigenvalue weighted by molar-refractivity contribution is 6.31. The van der Waals surface area contributed by atoms with Gasteiger partial charge in [0.15, 0.2) is 11.6 Å². The van der Waals surface area contributed by atoms with Gasteiger partial charge in [-0.25, -0.2) is 9.18 Å². The van der Waals surface area contributed by atoms with Crippen molar-refractivity contribution in [1.82, 2.24) is 4.90 Å². The van der Waals surface area contributed by atoms with Crippen molar-refractivity contribution in [3.8, 4) is 5.75 Å². The average molecular weight is 345 g/mol. The van der Waals surface area contributed by atoms with Crippen LogP contribution >= 0.6 is 11.6 Å². The van der Waals surface area contributed by atoms with Gasteiger partial charge in [-0.2, -0.15) is 0 Å². The Morgan fingerprint density at radius 3 is 2.78 bits per heavy atom. The summed E-state index contributed by atoms with van der Waals surface area (Å²) in [5.74, 6) is -1.28. The summed E-state index contributed by atoms with van der Waals surface area (Å²) in [6, 6.07) is 0.532. The monoisotopic (exact) mass is 344 g/mol. The van der Waals surface area contributed by atoms with E-state index >= 15 is 0 Å². The lowest BCUT2D eigenvalue weighted by atomic mass is 9.89. The molecule has 1 aliphatic rings. The minimum atomic E-state index is -0.804. The molecule has 5 nitrogen and oxygen atoms in total. The molecule has 1 aromatic rings. The largest absolute Gasteiger partial charge is 0.505 e. The molecule has 0 unspecified atom stereocenters. The van der Waals surface area contributed by atoms with E-state index in [-0.39, 0.29) is 11.6 Å². The first kappa shape index (κ1) is 17.8. The summed E-state index contributed by atoms with van der Waals surface area (Å²) in [6.07, 6.45) is 0.281. The predicted octanol–water partition coefficient (Wildman–Crippen LogP) is 3.37. The van der Waals surface area contributed by atoms with Crippen LogP contribution in [0.2, 0.25) is 5.02 Å². The predicted molar refractivity (Wildman–Crippen MR) is 86.1 cm³/mol. The number of halogens is 2. The molecule has 128 valence electrons. The van der Waals surface area contributed by atoms with Gasteiger partial charge in [-0.15, -0.1) is 0 Å². The fourth-order valence-electron chi connectivity index (χ4n) is 2.82. The molecule has 0 radical (unpaired) electrons. The number of aromatic hydroxyl groups is 1. The maximum absolute atomic E-state index is 13.9. The molecule has 0 spiro atoms. The Bertz CT molecular complexity index is 616. The number of fused-ring (bicyclic) bond motifs is 1. The van der Waals surface area contributed by atoms with Gasteiger partial charge in [0.2, 0.25) is 0 Å². The van der Waals surface area contributed by atoms with Gasteiger partial charge in [0.25, 0.3) is 0 Å². The van der Waals surface area contributed by atoms with E-state index in [0.29, 0.717) is 30.5 Å². The number of rotatable bonds is 2. The molecule has 1 amide bonds. The first-order valence-electron chi connectivity index (χ1n) is 7.55. The summed E-state index contributed by atoms with van der Waals surface area (Å²) < 4.78 is 19.3. The number of ether oxygens (including phenoxy) is 1. The molecule has 0 bridgehead atoms. The lowest BCUT2D eigenvalue weighted by Crippen LogP contribution is -2.43. The molecule has 1 atom stereocenters. The Labute approximate surface area is 140 Å². The van der Waals surface area contributed by atoms with E-state index in [1.807, 2.05) is 0 Å². The third kappa shape index (κ3) is 3.70. The van der Waals surface area contributed by atoms with Crippen molar-refractivity contribution in [2.75, 3.05) is 13.1 Å². The number of hydrogen-bond donors (Lipinski definition) is 2. The Balaban J connectivity index is 2.45. The van der Waals surface area contributed by atoms with Gasteiger partial charge in [-0.05, 0) is 51.8 Å². The van der Waals surface area contributed by atoms with Gasteiger partial charge in [0.1, 0.15) is 5.60 Å². The van der Waals surface area contributed by atoms with Crippen molar-refractivity contribution in [1.29, 1.82) is 0 Å². The number of phenolic OH excluding ortho intramolecular Hbond substituents is 1. The maximum atomic E-state index is 13.9. The van der Waals surface area contributed by atoms with Crippen molar-refractivity contribution in [3.63, 3.8) is 0 Å². The number of phenols is 1. The molecule has 0 aliphatic carbocycles. The molecule has 2 rings (SSSR count). The molecule has 23 heavy (non-hydrogen) atoms. The normalized spacial score (nSPS) is 17.8. The number of nitrogens with zero attached hydrogens (tertiary/aromatic N) is 1. The second-order valence-corrected chi connectivity index (χ2v) is 7.01. The minimum absolute atomic E-state index is 0.251. The van der Waals surface area contributed by atoms with E-state index in [2.05, 4.69) is 0 Å². The summed E-state index contributed by atoms with van der Waals surface area (Å²) in [7, 11) is 0. The standard InChI is InChI=1S/C16H22ClFN2O3/c1-16(2,3)23-15(22)20-7-5-9-10(17)8-11(18)14(21)13(9)12(20)4-6-19/h8,12,21H,4-7,19H2,1-3H3/t12-/m1/s1. The van der Waals surface area contributed by atoms with Crippen LogP contribution in [-0.4, -0.2) is 34.8 Å². The van der Waals surface area contributed by atoms with Crippen molar-refractivity contribution < 1.29 is 19.0 Å². The SMILES string of the molecule is CC(C)(C)OC(=O)N1CCc2c(Cl)cc(F)c(O)c2[C@H]1CCN. The Kier molecular flexibility index (Phi) is 5.06.